The van der Waals surface area contributed by atoms with E-state index in [0.29, 0.717) is 24.2 Å². The maximum absolute atomic E-state index is 12.5. The molecule has 27 heavy (non-hydrogen) atoms. The van der Waals surface area contributed by atoms with E-state index in [9.17, 15) is 22.8 Å². The topological polar surface area (TPSA) is 74.3 Å². The molecule has 0 bridgehead atoms. The molecular formula is C18H17F3N4O2. The number of anilines is 2. The monoisotopic (exact) mass is 378 g/mol. The van der Waals surface area contributed by atoms with Crippen molar-refractivity contribution in [3.05, 3.63) is 53.9 Å². The number of carbonyl (C=O) groups is 2. The molecular weight excluding hydrogens is 361 g/mol. The number of halogens is 3. The van der Waals surface area contributed by atoms with Crippen LogP contribution >= 0.6 is 0 Å². The average Bonchev–Trinajstić information content (AvgIpc) is 3.06. The second-order valence-electron chi connectivity index (χ2n) is 6.08. The van der Waals surface area contributed by atoms with Gasteiger partial charge in [-0.15, -0.1) is 0 Å². The molecule has 2 heterocycles. The number of amides is 3. The summed E-state index contributed by atoms with van der Waals surface area (Å²) in [4.78, 5) is 29.5. The molecule has 0 aliphatic carbocycles. The molecule has 1 aliphatic heterocycles. The van der Waals surface area contributed by atoms with Gasteiger partial charge < -0.3 is 15.5 Å². The summed E-state index contributed by atoms with van der Waals surface area (Å²) < 4.78 is 37.6. The lowest BCUT2D eigenvalue weighted by molar-refractivity contribution is -0.137. The molecule has 3 amide bonds. The first-order chi connectivity index (χ1) is 12.8. The predicted octanol–water partition coefficient (Wildman–Crippen LogP) is 3.55. The Morgan fingerprint density at radius 1 is 1.19 bits per heavy atom. The highest BCUT2D eigenvalue weighted by molar-refractivity contribution is 5.95. The van der Waals surface area contributed by atoms with Gasteiger partial charge in [0.05, 0.1) is 17.4 Å². The fourth-order valence-corrected chi connectivity index (χ4v) is 2.74. The van der Waals surface area contributed by atoms with Gasteiger partial charge in [0.1, 0.15) is 0 Å². The summed E-state index contributed by atoms with van der Waals surface area (Å²) in [6, 6.07) is 5.38. The van der Waals surface area contributed by atoms with E-state index >= 15 is 0 Å². The van der Waals surface area contributed by atoms with Crippen LogP contribution < -0.4 is 15.5 Å². The second kappa shape index (κ2) is 7.65. The Kier molecular flexibility index (Phi) is 5.29. The van der Waals surface area contributed by atoms with Gasteiger partial charge in [0.25, 0.3) is 0 Å². The third kappa shape index (κ3) is 4.75. The van der Waals surface area contributed by atoms with Crippen molar-refractivity contribution in [2.75, 3.05) is 16.8 Å². The molecule has 6 nitrogen and oxygen atoms in total. The maximum atomic E-state index is 12.5. The summed E-state index contributed by atoms with van der Waals surface area (Å²) in [5.41, 5.74) is 0.845. The fourth-order valence-electron chi connectivity index (χ4n) is 2.74. The van der Waals surface area contributed by atoms with Crippen molar-refractivity contribution in [1.82, 2.24) is 10.3 Å². The summed E-state index contributed by atoms with van der Waals surface area (Å²) >= 11 is 0. The highest BCUT2D eigenvalue weighted by Crippen LogP contribution is 2.29. The Balaban J connectivity index is 1.55. The van der Waals surface area contributed by atoms with E-state index in [-0.39, 0.29) is 18.1 Å². The number of hydrogen-bond acceptors (Lipinski definition) is 3. The summed E-state index contributed by atoms with van der Waals surface area (Å²) in [6.45, 7) is 0.807. The van der Waals surface area contributed by atoms with Crippen LogP contribution in [-0.2, 0) is 17.5 Å². The molecule has 1 fully saturated rings. The van der Waals surface area contributed by atoms with Gasteiger partial charge in [-0.2, -0.15) is 13.2 Å². The zero-order valence-corrected chi connectivity index (χ0v) is 14.2. The number of aromatic nitrogens is 1. The van der Waals surface area contributed by atoms with Gasteiger partial charge >= 0.3 is 12.2 Å². The quantitative estimate of drug-likeness (QED) is 0.855. The molecule has 0 atom stereocenters. The maximum Gasteiger partial charge on any atom is 0.416 e. The van der Waals surface area contributed by atoms with E-state index < -0.39 is 17.8 Å². The van der Waals surface area contributed by atoms with Crippen molar-refractivity contribution < 1.29 is 22.8 Å². The molecule has 2 N–H and O–H groups in total. The highest BCUT2D eigenvalue weighted by atomic mass is 19.4. The summed E-state index contributed by atoms with van der Waals surface area (Å²) in [5.74, 6) is 0.0435. The molecule has 1 saturated heterocycles. The lowest BCUT2D eigenvalue weighted by atomic mass is 10.2. The van der Waals surface area contributed by atoms with Crippen molar-refractivity contribution in [1.29, 1.82) is 0 Å². The Labute approximate surface area is 153 Å². The number of benzene rings is 1. The smallest absolute Gasteiger partial charge is 0.334 e. The van der Waals surface area contributed by atoms with Crippen molar-refractivity contribution >= 4 is 23.3 Å². The minimum atomic E-state index is -4.42. The van der Waals surface area contributed by atoms with Gasteiger partial charge in [-0.1, -0.05) is 0 Å². The number of hydrogen-bond donors (Lipinski definition) is 2. The number of carbonyl (C=O) groups excluding carboxylic acids is 2. The van der Waals surface area contributed by atoms with Crippen LogP contribution in [-0.4, -0.2) is 23.5 Å². The first kappa shape index (κ1) is 18.7. The van der Waals surface area contributed by atoms with E-state index in [1.807, 2.05) is 0 Å². The van der Waals surface area contributed by atoms with Crippen LogP contribution in [0.3, 0.4) is 0 Å². The summed E-state index contributed by atoms with van der Waals surface area (Å²) in [7, 11) is 0. The van der Waals surface area contributed by atoms with Crippen LogP contribution in [0.4, 0.5) is 29.3 Å². The van der Waals surface area contributed by atoms with E-state index in [1.165, 1.54) is 12.1 Å². The number of pyridine rings is 1. The van der Waals surface area contributed by atoms with E-state index in [0.717, 1.165) is 18.6 Å². The van der Waals surface area contributed by atoms with Gasteiger partial charge in [-0.05, 0) is 42.3 Å². The fraction of sp³-hybridized carbons (Fsp3) is 0.278. The van der Waals surface area contributed by atoms with Crippen molar-refractivity contribution in [3.8, 4) is 0 Å². The predicted molar refractivity (Wildman–Crippen MR) is 93.1 cm³/mol. The van der Waals surface area contributed by atoms with Crippen LogP contribution in [0.5, 0.6) is 0 Å². The van der Waals surface area contributed by atoms with Crippen LogP contribution in [0.1, 0.15) is 24.0 Å². The largest absolute Gasteiger partial charge is 0.416 e. The molecule has 3 rings (SSSR count). The molecule has 0 unspecified atom stereocenters. The number of rotatable bonds is 4. The third-order valence-electron chi connectivity index (χ3n) is 4.09. The normalized spacial score (nSPS) is 14.3. The van der Waals surface area contributed by atoms with Crippen molar-refractivity contribution in [3.63, 3.8) is 0 Å². The first-order valence-electron chi connectivity index (χ1n) is 8.29. The second-order valence-corrected chi connectivity index (χ2v) is 6.08. The van der Waals surface area contributed by atoms with Gasteiger partial charge in [0, 0.05) is 31.4 Å². The summed E-state index contributed by atoms with van der Waals surface area (Å²) in [6.07, 6.45) is 0.0574. The standard InChI is InChI=1S/C18H17F3N4O2/c19-18(20,21)13-3-5-14(6-4-13)24-17(27)23-10-12-8-15(11-22-9-12)25-7-1-2-16(25)26/h3-6,8-9,11H,1-2,7,10H2,(H2,23,24,27). The molecule has 2 aromatic rings. The highest BCUT2D eigenvalue weighted by Gasteiger charge is 2.30. The molecule has 9 heteroatoms. The Hall–Kier alpha value is -3.10. The van der Waals surface area contributed by atoms with E-state index in [2.05, 4.69) is 15.6 Å². The molecule has 1 aromatic carbocycles. The Morgan fingerprint density at radius 3 is 2.56 bits per heavy atom. The minimum absolute atomic E-state index is 0.0435. The van der Waals surface area contributed by atoms with Gasteiger partial charge in [0.15, 0.2) is 0 Å². The van der Waals surface area contributed by atoms with E-state index in [4.69, 9.17) is 0 Å². The Bertz CT molecular complexity index is 837. The number of nitrogens with zero attached hydrogens (tertiary/aromatic N) is 2. The Morgan fingerprint density at radius 2 is 1.93 bits per heavy atom. The van der Waals surface area contributed by atoms with Crippen LogP contribution in [0.2, 0.25) is 0 Å². The average molecular weight is 378 g/mol. The zero-order valence-electron chi connectivity index (χ0n) is 14.2. The van der Waals surface area contributed by atoms with Crippen molar-refractivity contribution in [2.45, 2.75) is 25.6 Å². The lowest BCUT2D eigenvalue weighted by Crippen LogP contribution is -2.28. The third-order valence-corrected chi connectivity index (χ3v) is 4.09. The molecule has 1 aromatic heterocycles. The van der Waals surface area contributed by atoms with Gasteiger partial charge in [-0.25, -0.2) is 4.79 Å². The number of nitrogens with one attached hydrogen (secondary N) is 2. The van der Waals surface area contributed by atoms with E-state index in [1.54, 1.807) is 23.4 Å². The molecule has 0 saturated carbocycles. The number of alkyl halides is 3. The number of urea groups is 1. The van der Waals surface area contributed by atoms with Gasteiger partial charge in [-0.3, -0.25) is 9.78 Å². The molecule has 0 radical (unpaired) electrons. The molecule has 142 valence electrons. The SMILES string of the molecule is O=C(NCc1cncc(N2CCCC2=O)c1)Nc1ccc(C(F)(F)F)cc1. The van der Waals surface area contributed by atoms with Gasteiger partial charge in [0.2, 0.25) is 5.91 Å². The molecule has 0 spiro atoms. The zero-order chi connectivity index (χ0) is 19.4. The minimum Gasteiger partial charge on any atom is -0.334 e. The lowest BCUT2D eigenvalue weighted by Gasteiger charge is -2.16. The molecule has 1 aliphatic rings. The van der Waals surface area contributed by atoms with Crippen molar-refractivity contribution in [2.24, 2.45) is 0 Å². The van der Waals surface area contributed by atoms with Crippen LogP contribution in [0.25, 0.3) is 0 Å². The van der Waals surface area contributed by atoms with Crippen LogP contribution in [0.15, 0.2) is 42.7 Å². The van der Waals surface area contributed by atoms with Crippen LogP contribution in [0, 0.1) is 0 Å². The summed E-state index contributed by atoms with van der Waals surface area (Å²) in [5, 5.41) is 5.07. The first-order valence-corrected chi connectivity index (χ1v) is 8.29.